The second-order valence-corrected chi connectivity index (χ2v) is 4.69. The van der Waals surface area contributed by atoms with Gasteiger partial charge in [0.25, 0.3) is 5.91 Å². The Balaban J connectivity index is 1.96. The van der Waals surface area contributed by atoms with Gasteiger partial charge >= 0.3 is 0 Å². The number of nitrogens with two attached hydrogens (primary N) is 1. The van der Waals surface area contributed by atoms with E-state index in [0.717, 1.165) is 25.9 Å². The van der Waals surface area contributed by atoms with Crippen molar-refractivity contribution in [3.05, 3.63) is 23.6 Å². The van der Waals surface area contributed by atoms with E-state index in [4.69, 9.17) is 5.73 Å². The van der Waals surface area contributed by atoms with Crippen LogP contribution in [0.2, 0.25) is 0 Å². The highest BCUT2D eigenvalue weighted by molar-refractivity contribution is 5.95. The highest BCUT2D eigenvalue weighted by Crippen LogP contribution is 2.16. The first-order chi connectivity index (χ1) is 9.13. The Kier molecular flexibility index (Phi) is 4.31. The third-order valence-electron chi connectivity index (χ3n) is 3.56. The monoisotopic (exact) mass is 266 g/mol. The number of carbonyl (C=O) groups excluding carboxylic acids is 1. The van der Waals surface area contributed by atoms with Crippen molar-refractivity contribution in [3.8, 4) is 0 Å². The van der Waals surface area contributed by atoms with Gasteiger partial charge in [0.2, 0.25) is 0 Å². The minimum atomic E-state index is -0.751. The fraction of sp³-hybridized carbons (Fsp3) is 0.538. The zero-order valence-electron chi connectivity index (χ0n) is 11.0. The Morgan fingerprint density at radius 3 is 3.21 bits per heavy atom. The molecule has 0 bridgehead atoms. The minimum absolute atomic E-state index is 0.0476. The molecule has 2 rings (SSSR count). The zero-order chi connectivity index (χ0) is 13.8. The number of aromatic nitrogens is 1. The predicted molar refractivity (Wildman–Crippen MR) is 71.2 cm³/mol. The van der Waals surface area contributed by atoms with Crippen molar-refractivity contribution in [2.75, 3.05) is 25.4 Å². The van der Waals surface area contributed by atoms with E-state index < -0.39 is 11.7 Å². The van der Waals surface area contributed by atoms with E-state index >= 15 is 0 Å². The lowest BCUT2D eigenvalue weighted by atomic mass is 10.2. The molecule has 19 heavy (non-hydrogen) atoms. The van der Waals surface area contributed by atoms with Crippen LogP contribution in [-0.4, -0.2) is 41.5 Å². The molecule has 104 valence electrons. The lowest BCUT2D eigenvalue weighted by Gasteiger charge is -2.22. The van der Waals surface area contributed by atoms with Crippen LogP contribution in [0.1, 0.15) is 30.1 Å². The molecule has 1 amide bonds. The Hall–Kier alpha value is -1.69. The number of carbonyl (C=O) groups is 1. The fourth-order valence-corrected chi connectivity index (χ4v) is 2.48. The molecule has 2 heterocycles. The van der Waals surface area contributed by atoms with Gasteiger partial charge in [-0.2, -0.15) is 0 Å². The van der Waals surface area contributed by atoms with E-state index in [9.17, 15) is 9.18 Å². The number of anilines is 1. The molecule has 1 fully saturated rings. The van der Waals surface area contributed by atoms with Gasteiger partial charge in [-0.3, -0.25) is 9.69 Å². The summed E-state index contributed by atoms with van der Waals surface area (Å²) in [6, 6.07) is 1.68. The van der Waals surface area contributed by atoms with Crippen LogP contribution < -0.4 is 11.1 Å². The topological polar surface area (TPSA) is 71.2 Å². The molecule has 1 aliphatic rings. The number of nitrogens with one attached hydrogen (secondary N) is 1. The molecule has 1 saturated heterocycles. The number of hydrogen-bond acceptors (Lipinski definition) is 4. The van der Waals surface area contributed by atoms with Crippen molar-refractivity contribution >= 4 is 11.7 Å². The Morgan fingerprint density at radius 2 is 2.47 bits per heavy atom. The average molecular weight is 266 g/mol. The van der Waals surface area contributed by atoms with Gasteiger partial charge in [-0.25, -0.2) is 9.37 Å². The standard InChI is InChI=1S/C13H19FN4O/c1-2-18-7-3-4-9(18)8-17-13(19)10-5-6-16-12(15)11(10)14/h5-6,9H,2-4,7-8H2,1H3,(H2,15,16)(H,17,19). The largest absolute Gasteiger partial charge is 0.381 e. The van der Waals surface area contributed by atoms with Gasteiger partial charge in [-0.15, -0.1) is 0 Å². The smallest absolute Gasteiger partial charge is 0.254 e. The van der Waals surface area contributed by atoms with Crippen LogP contribution in [0.3, 0.4) is 0 Å². The second kappa shape index (κ2) is 5.97. The third-order valence-corrected chi connectivity index (χ3v) is 3.56. The van der Waals surface area contributed by atoms with E-state index in [0.29, 0.717) is 12.6 Å². The first-order valence-electron chi connectivity index (χ1n) is 6.55. The Morgan fingerprint density at radius 1 is 1.68 bits per heavy atom. The maximum Gasteiger partial charge on any atom is 0.254 e. The molecule has 6 heteroatoms. The normalized spacial score (nSPS) is 19.6. The summed E-state index contributed by atoms with van der Waals surface area (Å²) in [5, 5.41) is 2.77. The molecule has 1 aliphatic heterocycles. The van der Waals surface area contributed by atoms with E-state index in [2.05, 4.69) is 22.1 Å². The maximum absolute atomic E-state index is 13.6. The molecule has 1 aromatic heterocycles. The number of rotatable bonds is 4. The lowest BCUT2D eigenvalue weighted by molar-refractivity contribution is 0.0937. The van der Waals surface area contributed by atoms with Crippen LogP contribution in [0, 0.1) is 5.82 Å². The average Bonchev–Trinajstić information content (AvgIpc) is 2.86. The lowest BCUT2D eigenvalue weighted by Crippen LogP contribution is -2.40. The molecule has 0 saturated carbocycles. The summed E-state index contributed by atoms with van der Waals surface area (Å²) < 4.78 is 13.6. The third kappa shape index (κ3) is 3.01. The van der Waals surface area contributed by atoms with E-state index in [1.807, 2.05) is 0 Å². The highest BCUT2D eigenvalue weighted by atomic mass is 19.1. The Labute approximate surface area is 112 Å². The molecule has 1 atom stereocenters. The molecule has 3 N–H and O–H groups in total. The minimum Gasteiger partial charge on any atom is -0.381 e. The maximum atomic E-state index is 13.6. The summed E-state index contributed by atoms with van der Waals surface area (Å²) in [6.45, 7) is 4.67. The molecule has 0 radical (unpaired) electrons. The molecule has 0 aromatic carbocycles. The number of amides is 1. The van der Waals surface area contributed by atoms with Crippen LogP contribution in [0.5, 0.6) is 0 Å². The van der Waals surface area contributed by atoms with Crippen LogP contribution in [0.4, 0.5) is 10.2 Å². The highest BCUT2D eigenvalue weighted by Gasteiger charge is 2.24. The van der Waals surface area contributed by atoms with Gasteiger partial charge in [-0.1, -0.05) is 6.92 Å². The molecule has 1 unspecified atom stereocenters. The van der Waals surface area contributed by atoms with Crippen molar-refractivity contribution in [3.63, 3.8) is 0 Å². The number of nitrogens with zero attached hydrogens (tertiary/aromatic N) is 2. The first-order valence-corrected chi connectivity index (χ1v) is 6.55. The SMILES string of the molecule is CCN1CCCC1CNC(=O)c1ccnc(N)c1F. The fourth-order valence-electron chi connectivity index (χ4n) is 2.48. The zero-order valence-corrected chi connectivity index (χ0v) is 11.0. The van der Waals surface area contributed by atoms with Gasteiger partial charge < -0.3 is 11.1 Å². The van der Waals surface area contributed by atoms with Crippen molar-refractivity contribution < 1.29 is 9.18 Å². The summed E-state index contributed by atoms with van der Waals surface area (Å²) in [6.07, 6.45) is 3.54. The predicted octanol–water partition coefficient (Wildman–Crippen LogP) is 1.02. The van der Waals surface area contributed by atoms with E-state index in [-0.39, 0.29) is 11.4 Å². The Bertz CT molecular complexity index is 466. The summed E-state index contributed by atoms with van der Waals surface area (Å²) in [4.78, 5) is 17.8. The molecule has 5 nitrogen and oxygen atoms in total. The molecule has 0 aliphatic carbocycles. The van der Waals surface area contributed by atoms with Gasteiger partial charge in [0.15, 0.2) is 11.6 Å². The van der Waals surface area contributed by atoms with Gasteiger partial charge in [0, 0.05) is 18.8 Å². The van der Waals surface area contributed by atoms with Crippen LogP contribution in [0.25, 0.3) is 0 Å². The van der Waals surface area contributed by atoms with Crippen molar-refractivity contribution in [2.24, 2.45) is 0 Å². The van der Waals surface area contributed by atoms with Crippen molar-refractivity contribution in [2.45, 2.75) is 25.8 Å². The number of pyridine rings is 1. The van der Waals surface area contributed by atoms with Gasteiger partial charge in [0.1, 0.15) is 0 Å². The number of likely N-dealkylation sites (N-methyl/N-ethyl adjacent to an activating group) is 1. The summed E-state index contributed by atoms with van der Waals surface area (Å²) in [5.74, 6) is -1.43. The summed E-state index contributed by atoms with van der Waals surface area (Å²) >= 11 is 0. The quantitative estimate of drug-likeness (QED) is 0.853. The van der Waals surface area contributed by atoms with Crippen molar-refractivity contribution in [1.29, 1.82) is 0 Å². The van der Waals surface area contributed by atoms with Gasteiger partial charge in [0.05, 0.1) is 5.56 Å². The molecular weight excluding hydrogens is 247 g/mol. The molecule has 1 aromatic rings. The summed E-state index contributed by atoms with van der Waals surface area (Å²) in [7, 11) is 0. The van der Waals surface area contributed by atoms with Crippen LogP contribution >= 0.6 is 0 Å². The van der Waals surface area contributed by atoms with Crippen LogP contribution in [0.15, 0.2) is 12.3 Å². The van der Waals surface area contributed by atoms with E-state index in [1.165, 1.54) is 12.3 Å². The molecular formula is C13H19FN4O. The number of nitrogen functional groups attached to an aromatic ring is 1. The number of likely N-dealkylation sites (tertiary alicyclic amines) is 1. The number of hydrogen-bond donors (Lipinski definition) is 2. The first kappa shape index (κ1) is 13.7. The number of halogens is 1. The van der Waals surface area contributed by atoms with E-state index in [1.54, 1.807) is 0 Å². The summed E-state index contributed by atoms with van der Waals surface area (Å²) in [5.41, 5.74) is 5.30. The van der Waals surface area contributed by atoms with Crippen LogP contribution in [-0.2, 0) is 0 Å². The van der Waals surface area contributed by atoms with Gasteiger partial charge in [-0.05, 0) is 32.0 Å². The molecule has 0 spiro atoms. The second-order valence-electron chi connectivity index (χ2n) is 4.69. The van der Waals surface area contributed by atoms with Crippen molar-refractivity contribution in [1.82, 2.24) is 15.2 Å².